The smallest absolute Gasteiger partial charge is 0.281 e. The number of hydrogen-bond donors (Lipinski definition) is 0. The average molecular weight is 340 g/mol. The van der Waals surface area contributed by atoms with E-state index in [2.05, 4.69) is 11.8 Å². The zero-order chi connectivity index (χ0) is 16.9. The van der Waals surface area contributed by atoms with E-state index < -0.39 is 10.2 Å². The van der Waals surface area contributed by atoms with Crippen LogP contribution in [0.15, 0.2) is 30.3 Å². The van der Waals surface area contributed by atoms with Crippen LogP contribution < -0.4 is 0 Å². The maximum absolute atomic E-state index is 12.6. The molecule has 1 aromatic rings. The lowest BCUT2D eigenvalue weighted by Crippen LogP contribution is -2.42. The summed E-state index contributed by atoms with van der Waals surface area (Å²) in [6.45, 7) is 6.35. The SMILES string of the molecule is CC(CN1CCCC1)CN(C)S(=O)(=O)N(C)Cc1ccccc1. The lowest BCUT2D eigenvalue weighted by atomic mass is 10.2. The zero-order valence-electron chi connectivity index (χ0n) is 14.5. The highest BCUT2D eigenvalue weighted by molar-refractivity contribution is 7.86. The Labute approximate surface area is 141 Å². The molecule has 1 saturated heterocycles. The summed E-state index contributed by atoms with van der Waals surface area (Å²) < 4.78 is 28.2. The Balaban J connectivity index is 1.89. The van der Waals surface area contributed by atoms with Crippen molar-refractivity contribution in [2.75, 3.05) is 40.3 Å². The molecule has 0 aromatic heterocycles. The topological polar surface area (TPSA) is 43.9 Å². The van der Waals surface area contributed by atoms with Crippen LogP contribution in [0, 0.1) is 5.92 Å². The molecule has 0 spiro atoms. The summed E-state index contributed by atoms with van der Waals surface area (Å²) in [6, 6.07) is 9.68. The molecule has 5 nitrogen and oxygen atoms in total. The van der Waals surface area contributed by atoms with Gasteiger partial charge >= 0.3 is 0 Å². The summed E-state index contributed by atoms with van der Waals surface area (Å²) in [7, 11) is -0.0970. The lowest BCUT2D eigenvalue weighted by molar-refractivity contribution is 0.260. The Morgan fingerprint density at radius 3 is 2.30 bits per heavy atom. The van der Waals surface area contributed by atoms with Gasteiger partial charge in [0.05, 0.1) is 0 Å². The van der Waals surface area contributed by atoms with Gasteiger partial charge in [-0.05, 0) is 37.4 Å². The second kappa shape index (κ2) is 8.24. The molecule has 6 heteroatoms. The number of likely N-dealkylation sites (tertiary alicyclic amines) is 1. The molecule has 0 amide bonds. The number of nitrogens with zero attached hydrogens (tertiary/aromatic N) is 3. The van der Waals surface area contributed by atoms with Gasteiger partial charge in [-0.3, -0.25) is 0 Å². The molecule has 1 fully saturated rings. The Hall–Kier alpha value is -0.950. The highest BCUT2D eigenvalue weighted by Crippen LogP contribution is 2.14. The van der Waals surface area contributed by atoms with E-state index in [1.165, 1.54) is 21.5 Å². The Morgan fingerprint density at radius 2 is 1.70 bits per heavy atom. The van der Waals surface area contributed by atoms with Crippen molar-refractivity contribution < 1.29 is 8.42 Å². The number of rotatable bonds is 8. The summed E-state index contributed by atoms with van der Waals surface area (Å²) in [6.07, 6.45) is 2.53. The fourth-order valence-corrected chi connectivity index (χ4v) is 4.39. The first-order chi connectivity index (χ1) is 10.9. The molecule has 1 aliphatic rings. The van der Waals surface area contributed by atoms with E-state index in [0.717, 1.165) is 25.2 Å². The Bertz CT molecular complexity index is 571. The van der Waals surface area contributed by atoms with Crippen LogP contribution >= 0.6 is 0 Å². The predicted molar refractivity (Wildman–Crippen MR) is 94.3 cm³/mol. The first-order valence-corrected chi connectivity index (χ1v) is 9.73. The maximum Gasteiger partial charge on any atom is 0.281 e. The van der Waals surface area contributed by atoms with Gasteiger partial charge < -0.3 is 4.90 Å². The van der Waals surface area contributed by atoms with Gasteiger partial charge in [-0.1, -0.05) is 37.3 Å². The molecular formula is C17H29N3O2S. The van der Waals surface area contributed by atoms with E-state index in [-0.39, 0.29) is 0 Å². The van der Waals surface area contributed by atoms with Crippen molar-refractivity contribution >= 4 is 10.2 Å². The standard InChI is InChI=1S/C17H29N3O2S/c1-16(14-20-11-7-8-12-20)13-18(2)23(21,22)19(3)15-17-9-5-4-6-10-17/h4-6,9-10,16H,7-8,11-15H2,1-3H3. The van der Waals surface area contributed by atoms with E-state index in [1.54, 1.807) is 14.1 Å². The quantitative estimate of drug-likeness (QED) is 0.728. The van der Waals surface area contributed by atoms with Crippen LogP contribution in [0.1, 0.15) is 25.3 Å². The highest BCUT2D eigenvalue weighted by atomic mass is 32.2. The van der Waals surface area contributed by atoms with Gasteiger partial charge in [-0.2, -0.15) is 17.0 Å². The van der Waals surface area contributed by atoms with Crippen molar-refractivity contribution in [3.63, 3.8) is 0 Å². The van der Waals surface area contributed by atoms with E-state index in [0.29, 0.717) is 19.0 Å². The molecule has 1 aliphatic heterocycles. The van der Waals surface area contributed by atoms with Crippen molar-refractivity contribution in [3.8, 4) is 0 Å². The zero-order valence-corrected chi connectivity index (χ0v) is 15.3. The Kier molecular flexibility index (Phi) is 6.59. The maximum atomic E-state index is 12.6. The number of hydrogen-bond acceptors (Lipinski definition) is 3. The fraction of sp³-hybridized carbons (Fsp3) is 0.647. The third-order valence-electron chi connectivity index (χ3n) is 4.37. The van der Waals surface area contributed by atoms with Crippen LogP contribution in [0.4, 0.5) is 0 Å². The second-order valence-electron chi connectivity index (χ2n) is 6.64. The molecule has 2 rings (SSSR count). The van der Waals surface area contributed by atoms with Gasteiger partial charge in [0.1, 0.15) is 0 Å². The molecule has 130 valence electrons. The molecule has 0 bridgehead atoms. The van der Waals surface area contributed by atoms with Crippen molar-refractivity contribution in [3.05, 3.63) is 35.9 Å². The Morgan fingerprint density at radius 1 is 1.09 bits per heavy atom. The third-order valence-corrected chi connectivity index (χ3v) is 6.23. The van der Waals surface area contributed by atoms with Crippen LogP contribution in [0.3, 0.4) is 0 Å². The van der Waals surface area contributed by atoms with E-state index in [4.69, 9.17) is 0 Å². The van der Waals surface area contributed by atoms with Crippen molar-refractivity contribution in [2.24, 2.45) is 5.92 Å². The summed E-state index contributed by atoms with van der Waals surface area (Å²) in [4.78, 5) is 2.43. The number of benzene rings is 1. The van der Waals surface area contributed by atoms with Gasteiger partial charge in [-0.25, -0.2) is 0 Å². The fourth-order valence-electron chi connectivity index (χ4n) is 3.16. The van der Waals surface area contributed by atoms with Crippen LogP contribution in [0.25, 0.3) is 0 Å². The molecule has 1 unspecified atom stereocenters. The first kappa shape index (κ1) is 18.4. The summed E-state index contributed by atoms with van der Waals surface area (Å²) in [5.74, 6) is 0.331. The minimum absolute atomic E-state index is 0.331. The second-order valence-corrected chi connectivity index (χ2v) is 8.79. The average Bonchev–Trinajstić information content (AvgIpc) is 3.00. The monoisotopic (exact) mass is 339 g/mol. The van der Waals surface area contributed by atoms with E-state index in [1.807, 2.05) is 30.3 Å². The molecule has 23 heavy (non-hydrogen) atoms. The van der Waals surface area contributed by atoms with Gasteiger partial charge in [0.15, 0.2) is 0 Å². The molecule has 1 heterocycles. The van der Waals surface area contributed by atoms with Gasteiger partial charge in [0, 0.05) is 33.7 Å². The van der Waals surface area contributed by atoms with Crippen molar-refractivity contribution in [1.82, 2.24) is 13.5 Å². The van der Waals surface area contributed by atoms with Crippen molar-refractivity contribution in [2.45, 2.75) is 26.3 Å². The summed E-state index contributed by atoms with van der Waals surface area (Å²) in [5.41, 5.74) is 0.997. The minimum Gasteiger partial charge on any atom is -0.303 e. The normalized spacial score (nSPS) is 18.0. The van der Waals surface area contributed by atoms with Gasteiger partial charge in [0.2, 0.25) is 0 Å². The van der Waals surface area contributed by atoms with Gasteiger partial charge in [0.25, 0.3) is 10.2 Å². The highest BCUT2D eigenvalue weighted by Gasteiger charge is 2.26. The molecule has 0 saturated carbocycles. The molecule has 0 aliphatic carbocycles. The molecular weight excluding hydrogens is 310 g/mol. The summed E-state index contributed by atoms with van der Waals surface area (Å²) in [5, 5.41) is 0. The van der Waals surface area contributed by atoms with Crippen molar-refractivity contribution in [1.29, 1.82) is 0 Å². The largest absolute Gasteiger partial charge is 0.303 e. The van der Waals surface area contributed by atoms with Crippen LogP contribution in [0.2, 0.25) is 0 Å². The van der Waals surface area contributed by atoms with E-state index >= 15 is 0 Å². The van der Waals surface area contributed by atoms with Crippen LogP contribution in [-0.2, 0) is 16.8 Å². The minimum atomic E-state index is -3.42. The molecule has 1 atom stereocenters. The molecule has 1 aromatic carbocycles. The van der Waals surface area contributed by atoms with Crippen LogP contribution in [-0.4, -0.2) is 62.2 Å². The molecule has 0 radical (unpaired) electrons. The van der Waals surface area contributed by atoms with Crippen LogP contribution in [0.5, 0.6) is 0 Å². The molecule has 0 N–H and O–H groups in total. The van der Waals surface area contributed by atoms with Gasteiger partial charge in [-0.15, -0.1) is 0 Å². The van der Waals surface area contributed by atoms with E-state index in [9.17, 15) is 8.42 Å². The first-order valence-electron chi connectivity index (χ1n) is 8.33. The lowest BCUT2D eigenvalue weighted by Gasteiger charge is -2.28. The predicted octanol–water partition coefficient (Wildman–Crippen LogP) is 2.03. The third kappa shape index (κ3) is 5.28. The summed E-state index contributed by atoms with van der Waals surface area (Å²) >= 11 is 0.